The van der Waals surface area contributed by atoms with E-state index < -0.39 is 11.9 Å². The monoisotopic (exact) mass is 201 g/mol. The summed E-state index contributed by atoms with van der Waals surface area (Å²) in [5, 5.41) is 2.36. The van der Waals surface area contributed by atoms with Crippen LogP contribution in [-0.2, 0) is 14.3 Å². The molecule has 7 heteroatoms. The number of nitrogens with two attached hydrogens (primary N) is 1. The van der Waals surface area contributed by atoms with Crippen LogP contribution in [0.15, 0.2) is 0 Å². The number of hydrogen-bond acceptors (Lipinski definition) is 4. The minimum Gasteiger partial charge on any atom is -0.370 e. The molecule has 0 aromatic heterocycles. The van der Waals surface area contributed by atoms with Crippen LogP contribution in [0.2, 0.25) is 0 Å². The van der Waals surface area contributed by atoms with Crippen LogP contribution in [0.1, 0.15) is 0 Å². The Hall–Kier alpha value is -1.63. The number of carbonyl (C=O) groups excluding carboxylic acids is 3. The number of amides is 4. The van der Waals surface area contributed by atoms with Crippen molar-refractivity contribution in [1.82, 2.24) is 10.2 Å². The summed E-state index contributed by atoms with van der Waals surface area (Å²) in [6.07, 6.45) is 0. The zero-order valence-electron chi connectivity index (χ0n) is 7.49. The fourth-order valence-electron chi connectivity index (χ4n) is 1.01. The van der Waals surface area contributed by atoms with E-state index in [9.17, 15) is 14.4 Å². The van der Waals surface area contributed by atoms with Gasteiger partial charge >= 0.3 is 6.03 Å². The van der Waals surface area contributed by atoms with E-state index in [1.807, 2.05) is 0 Å². The molecule has 0 bridgehead atoms. The van der Waals surface area contributed by atoms with Gasteiger partial charge in [-0.1, -0.05) is 0 Å². The summed E-state index contributed by atoms with van der Waals surface area (Å²) < 4.78 is 4.81. The molecule has 0 aliphatic carbocycles. The number of urea groups is 1. The van der Waals surface area contributed by atoms with E-state index in [0.29, 0.717) is 0 Å². The predicted octanol–water partition coefficient (Wildman–Crippen LogP) is -1.96. The maximum atomic E-state index is 11.0. The first kappa shape index (κ1) is 10.5. The number of nitrogens with one attached hydrogen (secondary N) is 1. The SMILES string of the molecule is NC(=O)COCCN1C(=O)CNC1=O. The molecule has 1 heterocycles. The molecular formula is C7H11N3O4. The summed E-state index contributed by atoms with van der Waals surface area (Å²) >= 11 is 0. The topological polar surface area (TPSA) is 102 Å². The standard InChI is InChI=1S/C7H11N3O4/c8-5(11)4-14-2-1-10-6(12)3-9-7(10)13/h1-4H2,(H2,8,11)(H,9,13). The first-order chi connectivity index (χ1) is 6.61. The molecule has 0 radical (unpaired) electrons. The minimum absolute atomic E-state index is 0.0225. The lowest BCUT2D eigenvalue weighted by Crippen LogP contribution is -2.34. The van der Waals surface area contributed by atoms with E-state index in [0.717, 1.165) is 4.90 Å². The van der Waals surface area contributed by atoms with Gasteiger partial charge in [-0.05, 0) is 0 Å². The Morgan fingerprint density at radius 1 is 1.57 bits per heavy atom. The molecule has 0 unspecified atom stereocenters. The van der Waals surface area contributed by atoms with Crippen LogP contribution in [-0.4, -0.2) is 49.0 Å². The summed E-state index contributed by atoms with van der Waals surface area (Å²) in [5.74, 6) is -0.875. The molecule has 0 aromatic carbocycles. The molecule has 0 atom stereocenters. The van der Waals surface area contributed by atoms with Gasteiger partial charge in [-0.3, -0.25) is 14.5 Å². The van der Waals surface area contributed by atoms with Crippen LogP contribution in [0.5, 0.6) is 0 Å². The van der Waals surface area contributed by atoms with Gasteiger partial charge in [-0.15, -0.1) is 0 Å². The first-order valence-corrected chi connectivity index (χ1v) is 4.05. The molecule has 1 aliphatic heterocycles. The number of primary amides is 1. The highest BCUT2D eigenvalue weighted by molar-refractivity contribution is 6.01. The zero-order valence-corrected chi connectivity index (χ0v) is 7.49. The van der Waals surface area contributed by atoms with Crippen molar-refractivity contribution in [1.29, 1.82) is 0 Å². The van der Waals surface area contributed by atoms with E-state index in [1.165, 1.54) is 0 Å². The largest absolute Gasteiger partial charge is 0.370 e. The van der Waals surface area contributed by atoms with E-state index in [-0.39, 0.29) is 32.2 Å². The van der Waals surface area contributed by atoms with Gasteiger partial charge in [0.05, 0.1) is 19.7 Å². The Kier molecular flexibility index (Phi) is 3.41. The van der Waals surface area contributed by atoms with Crippen LogP contribution < -0.4 is 11.1 Å². The molecule has 7 nitrogen and oxygen atoms in total. The lowest BCUT2D eigenvalue weighted by Gasteiger charge is -2.11. The Balaban J connectivity index is 2.20. The summed E-state index contributed by atoms with van der Waals surface area (Å²) in [7, 11) is 0. The molecule has 1 fully saturated rings. The number of carbonyl (C=O) groups is 3. The maximum Gasteiger partial charge on any atom is 0.324 e. The van der Waals surface area contributed by atoms with Gasteiger partial charge in [-0.25, -0.2) is 4.79 Å². The highest BCUT2D eigenvalue weighted by atomic mass is 16.5. The van der Waals surface area contributed by atoms with E-state index in [1.54, 1.807) is 0 Å². The predicted molar refractivity (Wildman–Crippen MR) is 45.1 cm³/mol. The van der Waals surface area contributed by atoms with Gasteiger partial charge in [0, 0.05) is 0 Å². The Morgan fingerprint density at radius 3 is 2.79 bits per heavy atom. The molecule has 0 spiro atoms. The Labute approximate surface area is 80.2 Å². The van der Waals surface area contributed by atoms with Gasteiger partial charge in [0.15, 0.2) is 0 Å². The van der Waals surface area contributed by atoms with Crippen molar-refractivity contribution in [3.05, 3.63) is 0 Å². The summed E-state index contributed by atoms with van der Waals surface area (Å²) in [5.41, 5.74) is 4.82. The number of nitrogens with zero attached hydrogens (tertiary/aromatic N) is 1. The third kappa shape index (κ3) is 2.70. The van der Waals surface area contributed by atoms with Crippen LogP contribution in [0.4, 0.5) is 4.79 Å². The quantitative estimate of drug-likeness (QED) is 0.398. The molecule has 0 aromatic rings. The fourth-order valence-corrected chi connectivity index (χ4v) is 1.01. The van der Waals surface area contributed by atoms with E-state index in [2.05, 4.69) is 5.32 Å². The van der Waals surface area contributed by atoms with Crippen molar-refractivity contribution in [2.24, 2.45) is 5.73 Å². The first-order valence-electron chi connectivity index (χ1n) is 4.05. The Morgan fingerprint density at radius 2 is 2.29 bits per heavy atom. The molecule has 3 N–H and O–H groups in total. The van der Waals surface area contributed by atoms with Crippen molar-refractivity contribution in [3.8, 4) is 0 Å². The van der Waals surface area contributed by atoms with Crippen molar-refractivity contribution in [2.45, 2.75) is 0 Å². The van der Waals surface area contributed by atoms with Crippen LogP contribution >= 0.6 is 0 Å². The van der Waals surface area contributed by atoms with Gasteiger partial charge < -0.3 is 15.8 Å². The molecule has 0 saturated carbocycles. The van der Waals surface area contributed by atoms with E-state index in [4.69, 9.17) is 10.5 Å². The lowest BCUT2D eigenvalue weighted by molar-refractivity contribution is -0.125. The second-order valence-electron chi connectivity index (χ2n) is 2.72. The van der Waals surface area contributed by atoms with Gasteiger partial charge in [0.25, 0.3) is 0 Å². The number of ether oxygens (including phenoxy) is 1. The summed E-state index contributed by atoms with van der Waals surface area (Å²) in [6.45, 7) is 0.0678. The van der Waals surface area contributed by atoms with Gasteiger partial charge in [-0.2, -0.15) is 0 Å². The van der Waals surface area contributed by atoms with Crippen LogP contribution in [0.25, 0.3) is 0 Å². The highest BCUT2D eigenvalue weighted by Crippen LogP contribution is 1.97. The molecule has 1 rings (SSSR count). The van der Waals surface area contributed by atoms with Crippen LogP contribution in [0, 0.1) is 0 Å². The third-order valence-electron chi connectivity index (χ3n) is 1.64. The maximum absolute atomic E-state index is 11.0. The van der Waals surface area contributed by atoms with Crippen molar-refractivity contribution >= 4 is 17.8 Å². The normalized spacial score (nSPS) is 15.9. The molecular weight excluding hydrogens is 190 g/mol. The average molecular weight is 201 g/mol. The average Bonchev–Trinajstić information content (AvgIpc) is 2.42. The third-order valence-corrected chi connectivity index (χ3v) is 1.64. The minimum atomic E-state index is -0.581. The lowest BCUT2D eigenvalue weighted by atomic mass is 10.5. The second-order valence-corrected chi connectivity index (χ2v) is 2.72. The van der Waals surface area contributed by atoms with Crippen molar-refractivity contribution < 1.29 is 19.1 Å². The molecule has 1 aliphatic rings. The Bertz CT molecular complexity index is 250. The molecule has 1 saturated heterocycles. The van der Waals surface area contributed by atoms with Crippen molar-refractivity contribution in [3.63, 3.8) is 0 Å². The van der Waals surface area contributed by atoms with E-state index >= 15 is 0 Å². The van der Waals surface area contributed by atoms with Gasteiger partial charge in [0.1, 0.15) is 6.61 Å². The molecule has 14 heavy (non-hydrogen) atoms. The second kappa shape index (κ2) is 4.56. The van der Waals surface area contributed by atoms with Crippen molar-refractivity contribution in [2.75, 3.05) is 26.3 Å². The summed E-state index contributed by atoms with van der Waals surface area (Å²) in [4.78, 5) is 33.3. The smallest absolute Gasteiger partial charge is 0.324 e. The van der Waals surface area contributed by atoms with Gasteiger partial charge in [0.2, 0.25) is 11.8 Å². The zero-order chi connectivity index (χ0) is 10.6. The highest BCUT2D eigenvalue weighted by Gasteiger charge is 2.27. The molecule has 78 valence electrons. The fraction of sp³-hybridized carbons (Fsp3) is 0.571. The summed E-state index contributed by atoms with van der Waals surface area (Å²) in [6, 6.07) is -0.433. The number of imide groups is 1. The molecule has 4 amide bonds. The van der Waals surface area contributed by atoms with Crippen LogP contribution in [0.3, 0.4) is 0 Å². The number of rotatable bonds is 5. The number of hydrogen-bond donors (Lipinski definition) is 2.